The number of fused-ring (bicyclic) bond motifs is 2. The van der Waals surface area contributed by atoms with Crippen LogP contribution in [0.25, 0.3) is 10.9 Å². The van der Waals surface area contributed by atoms with Crippen molar-refractivity contribution in [2.24, 2.45) is 4.99 Å². The first-order chi connectivity index (χ1) is 12.3. The number of nitrogens with zero attached hydrogens (tertiary/aromatic N) is 3. The van der Waals surface area contributed by atoms with Crippen LogP contribution in [-0.2, 0) is 12.8 Å². The third-order valence-electron chi connectivity index (χ3n) is 4.71. The van der Waals surface area contributed by atoms with Crippen LogP contribution >= 0.6 is 0 Å². The van der Waals surface area contributed by atoms with Gasteiger partial charge in [-0.15, -0.1) is 0 Å². The highest BCUT2D eigenvalue weighted by molar-refractivity contribution is 5.91. The molecule has 0 unspecified atom stereocenters. The van der Waals surface area contributed by atoms with Gasteiger partial charge in [0.15, 0.2) is 6.19 Å². The zero-order valence-electron chi connectivity index (χ0n) is 13.8. The van der Waals surface area contributed by atoms with E-state index >= 15 is 0 Å². The predicted octanol–water partition coefficient (Wildman–Crippen LogP) is 3.93. The van der Waals surface area contributed by atoms with E-state index in [1.165, 1.54) is 11.1 Å². The number of benzene rings is 2. The second kappa shape index (κ2) is 6.74. The Bertz CT molecular complexity index is 979. The lowest BCUT2D eigenvalue weighted by molar-refractivity contribution is 0.710. The van der Waals surface area contributed by atoms with Crippen LogP contribution in [0, 0.1) is 11.5 Å². The number of rotatable bonds is 3. The number of amidine groups is 1. The molecule has 0 spiro atoms. The summed E-state index contributed by atoms with van der Waals surface area (Å²) in [5.41, 5.74) is 4.72. The van der Waals surface area contributed by atoms with Gasteiger partial charge in [0.2, 0.25) is 0 Å². The van der Waals surface area contributed by atoms with E-state index in [4.69, 9.17) is 10.3 Å². The van der Waals surface area contributed by atoms with E-state index in [1.54, 1.807) is 6.20 Å². The fraction of sp³-hybridized carbons (Fsp3) is 0.190. The van der Waals surface area contributed by atoms with E-state index in [0.717, 1.165) is 29.3 Å². The van der Waals surface area contributed by atoms with Gasteiger partial charge in [-0.2, -0.15) is 5.26 Å². The van der Waals surface area contributed by atoms with E-state index in [0.29, 0.717) is 12.3 Å². The molecule has 1 N–H and O–H groups in total. The van der Waals surface area contributed by atoms with Gasteiger partial charge >= 0.3 is 0 Å². The Kier molecular flexibility index (Phi) is 4.14. The molecular weight excluding hydrogens is 308 g/mol. The van der Waals surface area contributed by atoms with Crippen LogP contribution in [0.2, 0.25) is 0 Å². The van der Waals surface area contributed by atoms with Crippen molar-refractivity contribution in [2.45, 2.75) is 25.3 Å². The summed E-state index contributed by atoms with van der Waals surface area (Å²) >= 11 is 0. The zero-order valence-corrected chi connectivity index (χ0v) is 13.8. The minimum atomic E-state index is 0.125. The molecule has 122 valence electrons. The third kappa shape index (κ3) is 3.09. The topological polar surface area (TPSA) is 61.1 Å². The third-order valence-corrected chi connectivity index (χ3v) is 4.71. The highest BCUT2D eigenvalue weighted by atomic mass is 15.0. The number of nitriles is 1. The first kappa shape index (κ1) is 15.3. The van der Waals surface area contributed by atoms with E-state index in [2.05, 4.69) is 46.7 Å². The van der Waals surface area contributed by atoms with Crippen LogP contribution in [0.4, 0.5) is 0 Å². The highest BCUT2D eigenvalue weighted by Crippen LogP contribution is 2.34. The SMILES string of the molecule is N#CNC(Cc1cccc2ncccc12)=N[C@H]1CCc2ccccc21. The quantitative estimate of drug-likeness (QED) is 0.343. The number of aromatic nitrogens is 1. The molecule has 1 atom stereocenters. The Balaban J connectivity index is 1.67. The first-order valence-electron chi connectivity index (χ1n) is 8.47. The lowest BCUT2D eigenvalue weighted by Gasteiger charge is -2.11. The monoisotopic (exact) mass is 326 g/mol. The van der Waals surface area contributed by atoms with Crippen molar-refractivity contribution in [1.29, 1.82) is 5.26 Å². The van der Waals surface area contributed by atoms with E-state index < -0.39 is 0 Å². The standard InChI is InChI=1S/C21H18N4/c22-14-24-21(25-20-11-10-15-5-1-2-7-17(15)20)13-16-6-3-9-19-18(16)8-4-12-23-19/h1-9,12,20H,10-11,13H2,(H,24,25)/t20-/m0/s1. The average molecular weight is 326 g/mol. The summed E-state index contributed by atoms with van der Waals surface area (Å²) in [5.74, 6) is 0.709. The van der Waals surface area contributed by atoms with Gasteiger partial charge in [-0.05, 0) is 41.7 Å². The molecule has 1 aliphatic carbocycles. The molecule has 1 aliphatic rings. The fourth-order valence-electron chi connectivity index (χ4n) is 3.55. The summed E-state index contributed by atoms with van der Waals surface area (Å²) < 4.78 is 0. The van der Waals surface area contributed by atoms with Crippen molar-refractivity contribution in [3.05, 3.63) is 77.5 Å². The van der Waals surface area contributed by atoms with Gasteiger partial charge in [-0.25, -0.2) is 0 Å². The Hall–Kier alpha value is -3.19. The molecule has 1 aromatic heterocycles. The summed E-state index contributed by atoms with van der Waals surface area (Å²) in [7, 11) is 0. The first-order valence-corrected chi connectivity index (χ1v) is 8.47. The van der Waals surface area contributed by atoms with Gasteiger partial charge in [0, 0.05) is 18.0 Å². The maximum Gasteiger partial charge on any atom is 0.182 e. The number of nitrogens with one attached hydrogen (secondary N) is 1. The zero-order chi connectivity index (χ0) is 17.1. The smallest absolute Gasteiger partial charge is 0.182 e. The molecule has 4 nitrogen and oxygen atoms in total. The molecule has 4 rings (SSSR count). The number of pyridine rings is 1. The van der Waals surface area contributed by atoms with Gasteiger partial charge in [-0.1, -0.05) is 42.5 Å². The van der Waals surface area contributed by atoms with Crippen LogP contribution in [0.5, 0.6) is 0 Å². The molecule has 0 radical (unpaired) electrons. The van der Waals surface area contributed by atoms with E-state index in [1.807, 2.05) is 24.4 Å². The lowest BCUT2D eigenvalue weighted by Crippen LogP contribution is -2.21. The Morgan fingerprint density at radius 2 is 2.08 bits per heavy atom. The van der Waals surface area contributed by atoms with Gasteiger partial charge in [-0.3, -0.25) is 15.3 Å². The highest BCUT2D eigenvalue weighted by Gasteiger charge is 2.21. The van der Waals surface area contributed by atoms with E-state index in [-0.39, 0.29) is 6.04 Å². The Morgan fingerprint density at radius 3 is 3.00 bits per heavy atom. The second-order valence-corrected chi connectivity index (χ2v) is 6.23. The predicted molar refractivity (Wildman–Crippen MR) is 99.1 cm³/mol. The number of aryl methyl sites for hydroxylation is 1. The molecule has 0 aliphatic heterocycles. The van der Waals surface area contributed by atoms with Crippen molar-refractivity contribution < 1.29 is 0 Å². The van der Waals surface area contributed by atoms with Crippen LogP contribution < -0.4 is 5.32 Å². The molecule has 0 bridgehead atoms. The van der Waals surface area contributed by atoms with Gasteiger partial charge < -0.3 is 0 Å². The Labute approximate surface area is 146 Å². The van der Waals surface area contributed by atoms with Crippen LogP contribution in [0.3, 0.4) is 0 Å². The number of hydrogen-bond donors (Lipinski definition) is 1. The lowest BCUT2D eigenvalue weighted by atomic mass is 10.0. The molecule has 0 amide bonds. The molecule has 0 saturated carbocycles. The average Bonchev–Trinajstić information content (AvgIpc) is 3.05. The summed E-state index contributed by atoms with van der Waals surface area (Å²) in [6.45, 7) is 0. The van der Waals surface area contributed by atoms with Crippen molar-refractivity contribution >= 4 is 16.7 Å². The molecule has 25 heavy (non-hydrogen) atoms. The molecule has 0 fully saturated rings. The molecule has 3 aromatic rings. The maximum atomic E-state index is 9.14. The van der Waals surface area contributed by atoms with Gasteiger partial charge in [0.1, 0.15) is 5.84 Å². The molecule has 4 heteroatoms. The second-order valence-electron chi connectivity index (χ2n) is 6.23. The van der Waals surface area contributed by atoms with Crippen molar-refractivity contribution in [1.82, 2.24) is 10.3 Å². The normalized spacial score (nSPS) is 16.4. The Morgan fingerprint density at radius 1 is 1.16 bits per heavy atom. The van der Waals surface area contributed by atoms with Gasteiger partial charge in [0.25, 0.3) is 0 Å². The van der Waals surface area contributed by atoms with Crippen LogP contribution in [0.1, 0.15) is 29.2 Å². The largest absolute Gasteiger partial charge is 0.280 e. The minimum absolute atomic E-state index is 0.125. The number of hydrogen-bond acceptors (Lipinski definition) is 3. The van der Waals surface area contributed by atoms with Crippen molar-refractivity contribution in [3.63, 3.8) is 0 Å². The minimum Gasteiger partial charge on any atom is -0.280 e. The number of aliphatic imine (C=N–C) groups is 1. The van der Waals surface area contributed by atoms with Gasteiger partial charge in [0.05, 0.1) is 11.6 Å². The van der Waals surface area contributed by atoms with Crippen LogP contribution in [0.15, 0.2) is 65.8 Å². The molecule has 0 saturated heterocycles. The van der Waals surface area contributed by atoms with E-state index in [9.17, 15) is 0 Å². The fourth-order valence-corrected chi connectivity index (χ4v) is 3.55. The molecular formula is C21H18N4. The summed E-state index contributed by atoms with van der Waals surface area (Å²) in [4.78, 5) is 9.27. The summed E-state index contributed by atoms with van der Waals surface area (Å²) in [6.07, 6.45) is 6.46. The molecule has 1 heterocycles. The summed E-state index contributed by atoms with van der Waals surface area (Å²) in [6, 6.07) is 18.6. The van der Waals surface area contributed by atoms with Crippen molar-refractivity contribution in [3.8, 4) is 6.19 Å². The van der Waals surface area contributed by atoms with Crippen LogP contribution in [-0.4, -0.2) is 10.8 Å². The summed E-state index contributed by atoms with van der Waals surface area (Å²) in [5, 5.41) is 13.0. The molecule has 2 aromatic carbocycles. The van der Waals surface area contributed by atoms with Crippen molar-refractivity contribution in [2.75, 3.05) is 0 Å². The maximum absolute atomic E-state index is 9.14.